The lowest BCUT2D eigenvalue weighted by atomic mass is 10.2. The lowest BCUT2D eigenvalue weighted by Crippen LogP contribution is -2.28. The summed E-state index contributed by atoms with van der Waals surface area (Å²) in [7, 11) is 1.59. The summed E-state index contributed by atoms with van der Waals surface area (Å²) in [5.74, 6) is 0.739. The van der Waals surface area contributed by atoms with Crippen molar-refractivity contribution in [3.63, 3.8) is 0 Å². The summed E-state index contributed by atoms with van der Waals surface area (Å²) >= 11 is 0.908. The Balaban J connectivity index is 1.96. The van der Waals surface area contributed by atoms with Gasteiger partial charge in [-0.25, -0.2) is 13.3 Å². The number of para-hydroxylation sites is 1. The van der Waals surface area contributed by atoms with Crippen molar-refractivity contribution < 1.29 is 4.74 Å². The van der Waals surface area contributed by atoms with E-state index in [2.05, 4.69) is 0 Å². The quantitative estimate of drug-likeness (QED) is 0.741. The van der Waals surface area contributed by atoms with Gasteiger partial charge in [0.15, 0.2) is 0 Å². The number of hydrogen-bond acceptors (Lipinski definition) is 4. The predicted molar refractivity (Wildman–Crippen MR) is 86.3 cm³/mol. The third kappa shape index (κ3) is 2.73. The van der Waals surface area contributed by atoms with Gasteiger partial charge >= 0.3 is 10.6 Å². The minimum Gasteiger partial charge on any atom is -0.497 e. The first-order valence-corrected chi connectivity index (χ1v) is 7.48. The van der Waals surface area contributed by atoms with E-state index in [1.807, 2.05) is 42.5 Å². The van der Waals surface area contributed by atoms with Crippen molar-refractivity contribution in [2.45, 2.75) is 6.54 Å². The Bertz CT molecular complexity index is 876. The lowest BCUT2D eigenvalue weighted by Gasteiger charge is -2.03. The SMILES string of the molecule is COc1ccc(Cn2c(=O)sn(-c3ccccc3)c2=O)cc1. The summed E-state index contributed by atoms with van der Waals surface area (Å²) in [5, 5.41) is 0. The summed E-state index contributed by atoms with van der Waals surface area (Å²) in [6, 6.07) is 16.4. The van der Waals surface area contributed by atoms with E-state index in [1.54, 1.807) is 19.2 Å². The Hall–Kier alpha value is -2.60. The minimum absolute atomic E-state index is 0.248. The normalized spacial score (nSPS) is 10.6. The molecule has 0 atom stereocenters. The number of ether oxygens (including phenoxy) is 1. The molecule has 0 aliphatic rings. The van der Waals surface area contributed by atoms with Crippen molar-refractivity contribution in [3.05, 3.63) is 80.3 Å². The number of benzene rings is 2. The van der Waals surface area contributed by atoms with Crippen molar-refractivity contribution in [1.29, 1.82) is 0 Å². The van der Waals surface area contributed by atoms with Crippen LogP contribution in [0.15, 0.2) is 64.2 Å². The molecule has 22 heavy (non-hydrogen) atoms. The van der Waals surface area contributed by atoms with E-state index in [0.29, 0.717) is 5.69 Å². The highest BCUT2D eigenvalue weighted by atomic mass is 32.1. The van der Waals surface area contributed by atoms with Gasteiger partial charge in [0.2, 0.25) is 0 Å². The first kappa shape index (κ1) is 14.3. The molecule has 0 radical (unpaired) electrons. The summed E-state index contributed by atoms with van der Waals surface area (Å²) in [4.78, 5) is 24.3. The van der Waals surface area contributed by atoms with Gasteiger partial charge in [-0.2, -0.15) is 0 Å². The first-order valence-electron chi connectivity index (χ1n) is 6.70. The number of rotatable bonds is 4. The summed E-state index contributed by atoms with van der Waals surface area (Å²) in [5.41, 5.74) is 1.25. The Morgan fingerprint density at radius 2 is 1.68 bits per heavy atom. The van der Waals surface area contributed by atoms with Crippen LogP contribution in [0, 0.1) is 0 Å². The van der Waals surface area contributed by atoms with Crippen molar-refractivity contribution in [2.24, 2.45) is 0 Å². The fourth-order valence-electron chi connectivity index (χ4n) is 2.13. The number of nitrogens with zero attached hydrogens (tertiary/aromatic N) is 2. The Morgan fingerprint density at radius 1 is 1.00 bits per heavy atom. The predicted octanol–water partition coefficient (Wildman–Crippen LogP) is 2.12. The molecule has 0 spiro atoms. The molecular formula is C16H14N2O3S. The molecule has 5 nitrogen and oxygen atoms in total. The Kier molecular flexibility index (Phi) is 3.93. The molecule has 0 saturated carbocycles. The highest BCUT2D eigenvalue weighted by Gasteiger charge is 2.11. The van der Waals surface area contributed by atoms with Crippen molar-refractivity contribution >= 4 is 11.5 Å². The van der Waals surface area contributed by atoms with Gasteiger partial charge in [-0.3, -0.25) is 4.79 Å². The monoisotopic (exact) mass is 314 g/mol. The Morgan fingerprint density at radius 3 is 2.32 bits per heavy atom. The van der Waals surface area contributed by atoms with Gasteiger partial charge in [-0.1, -0.05) is 30.3 Å². The van der Waals surface area contributed by atoms with Crippen LogP contribution in [0.2, 0.25) is 0 Å². The molecule has 0 aliphatic heterocycles. The van der Waals surface area contributed by atoms with Gasteiger partial charge in [0.25, 0.3) is 0 Å². The molecule has 6 heteroatoms. The maximum atomic E-state index is 12.4. The molecule has 0 amide bonds. The van der Waals surface area contributed by atoms with Crippen LogP contribution in [-0.2, 0) is 6.54 Å². The van der Waals surface area contributed by atoms with Crippen molar-refractivity contribution in [1.82, 2.24) is 8.52 Å². The second kappa shape index (κ2) is 6.03. The zero-order valence-electron chi connectivity index (χ0n) is 11.9. The average molecular weight is 314 g/mol. The maximum absolute atomic E-state index is 12.4. The molecule has 112 valence electrons. The minimum atomic E-state index is -0.322. The smallest absolute Gasteiger partial charge is 0.346 e. The summed E-state index contributed by atoms with van der Waals surface area (Å²) < 4.78 is 7.74. The zero-order valence-corrected chi connectivity index (χ0v) is 12.7. The second-order valence-electron chi connectivity index (χ2n) is 4.70. The van der Waals surface area contributed by atoms with E-state index < -0.39 is 0 Å². The number of methoxy groups -OCH3 is 1. The van der Waals surface area contributed by atoms with Crippen LogP contribution in [0.5, 0.6) is 5.75 Å². The van der Waals surface area contributed by atoms with Crippen LogP contribution in [0.4, 0.5) is 0 Å². The molecule has 0 unspecified atom stereocenters. The molecule has 0 bridgehead atoms. The van der Waals surface area contributed by atoms with E-state index in [-0.39, 0.29) is 17.1 Å². The lowest BCUT2D eigenvalue weighted by molar-refractivity contribution is 0.414. The molecule has 2 aromatic carbocycles. The maximum Gasteiger partial charge on any atom is 0.346 e. The highest BCUT2D eigenvalue weighted by molar-refractivity contribution is 7.03. The molecule has 3 aromatic rings. The molecule has 0 aliphatic carbocycles. The standard InChI is InChI=1S/C16H14N2O3S/c1-21-14-9-7-12(8-10-14)11-17-15(19)18(22-16(17)20)13-5-3-2-4-6-13/h2-10H,11H2,1H3. The van der Waals surface area contributed by atoms with E-state index in [4.69, 9.17) is 4.74 Å². The average Bonchev–Trinajstić information content (AvgIpc) is 2.84. The van der Waals surface area contributed by atoms with Gasteiger partial charge in [-0.15, -0.1) is 0 Å². The third-order valence-corrected chi connectivity index (χ3v) is 4.21. The van der Waals surface area contributed by atoms with Crippen LogP contribution >= 0.6 is 11.5 Å². The number of aromatic nitrogens is 2. The van der Waals surface area contributed by atoms with E-state index in [0.717, 1.165) is 22.8 Å². The van der Waals surface area contributed by atoms with Crippen LogP contribution in [0.1, 0.15) is 5.56 Å². The van der Waals surface area contributed by atoms with Crippen LogP contribution in [-0.4, -0.2) is 15.6 Å². The summed E-state index contributed by atoms with van der Waals surface area (Å²) in [6.07, 6.45) is 0. The third-order valence-electron chi connectivity index (χ3n) is 3.28. The molecule has 0 N–H and O–H groups in total. The fourth-order valence-corrected chi connectivity index (χ4v) is 2.93. The molecule has 1 heterocycles. The molecule has 3 rings (SSSR count). The largest absolute Gasteiger partial charge is 0.497 e. The second-order valence-corrected chi connectivity index (χ2v) is 5.60. The van der Waals surface area contributed by atoms with Crippen molar-refractivity contribution in [3.8, 4) is 11.4 Å². The molecule has 0 saturated heterocycles. The van der Waals surface area contributed by atoms with E-state index in [9.17, 15) is 9.59 Å². The Labute approximate surface area is 130 Å². The van der Waals surface area contributed by atoms with Crippen LogP contribution < -0.4 is 15.3 Å². The topological polar surface area (TPSA) is 53.2 Å². The first-order chi connectivity index (χ1) is 10.7. The van der Waals surface area contributed by atoms with Crippen LogP contribution in [0.3, 0.4) is 0 Å². The summed E-state index contributed by atoms with van der Waals surface area (Å²) in [6.45, 7) is 0.248. The van der Waals surface area contributed by atoms with Gasteiger partial charge in [0.1, 0.15) is 5.75 Å². The van der Waals surface area contributed by atoms with Gasteiger partial charge in [0, 0.05) is 11.5 Å². The van der Waals surface area contributed by atoms with Crippen molar-refractivity contribution in [2.75, 3.05) is 7.11 Å². The van der Waals surface area contributed by atoms with Gasteiger partial charge in [0.05, 0.1) is 19.3 Å². The van der Waals surface area contributed by atoms with E-state index >= 15 is 0 Å². The highest BCUT2D eigenvalue weighted by Crippen LogP contribution is 2.12. The van der Waals surface area contributed by atoms with Gasteiger partial charge < -0.3 is 4.74 Å². The molecular weight excluding hydrogens is 300 g/mol. The zero-order chi connectivity index (χ0) is 15.5. The van der Waals surface area contributed by atoms with E-state index in [1.165, 1.54) is 8.52 Å². The van der Waals surface area contributed by atoms with Gasteiger partial charge in [-0.05, 0) is 29.8 Å². The van der Waals surface area contributed by atoms with Crippen LogP contribution in [0.25, 0.3) is 5.69 Å². The molecule has 1 aromatic heterocycles. The fraction of sp³-hybridized carbons (Fsp3) is 0.125. The number of hydrogen-bond donors (Lipinski definition) is 0. The molecule has 0 fully saturated rings.